The van der Waals surface area contributed by atoms with E-state index in [1.54, 1.807) is 18.3 Å². The predicted molar refractivity (Wildman–Crippen MR) is 73.6 cm³/mol. The summed E-state index contributed by atoms with van der Waals surface area (Å²) in [5, 5.41) is 3.45. The van der Waals surface area contributed by atoms with Gasteiger partial charge < -0.3 is 4.90 Å². The molecule has 2 aromatic rings. The van der Waals surface area contributed by atoms with Gasteiger partial charge in [-0.05, 0) is 43.4 Å². The number of thiophene rings is 1. The Bertz CT molecular complexity index is 530. The lowest BCUT2D eigenvalue weighted by Crippen LogP contribution is -2.21. The van der Waals surface area contributed by atoms with Crippen molar-refractivity contribution in [3.63, 3.8) is 0 Å². The first-order chi connectivity index (χ1) is 8.09. The normalized spacial score (nSPS) is 13.2. The molecule has 2 nitrogen and oxygen atoms in total. The number of ketones is 1. The maximum Gasteiger partial charge on any atom is 0.131 e. The first kappa shape index (κ1) is 12.3. The van der Waals surface area contributed by atoms with Crippen LogP contribution in [0.2, 0.25) is 0 Å². The molecule has 1 aromatic heterocycles. The van der Waals surface area contributed by atoms with Crippen molar-refractivity contribution >= 4 is 27.2 Å². The van der Waals surface area contributed by atoms with Crippen LogP contribution in [0.4, 0.5) is 0 Å². The van der Waals surface area contributed by atoms with Crippen LogP contribution in [0, 0.1) is 0 Å². The van der Waals surface area contributed by atoms with Crippen LogP contribution in [0.15, 0.2) is 29.6 Å². The quantitative estimate of drug-likeness (QED) is 0.824. The third-order valence-corrected chi connectivity index (χ3v) is 3.96. The third kappa shape index (κ3) is 2.56. The molecular formula is C14H17NOS. The van der Waals surface area contributed by atoms with E-state index in [9.17, 15) is 4.79 Å². The average molecular weight is 247 g/mol. The molecule has 0 aliphatic rings. The number of fused-ring (bicyclic) bond motifs is 1. The summed E-state index contributed by atoms with van der Waals surface area (Å²) in [6.45, 7) is 1.66. The molecule has 1 atom stereocenters. The lowest BCUT2D eigenvalue weighted by molar-refractivity contribution is -0.118. The number of Topliss-reactive ketones (excluding diaryl/α,β-unsaturated/α-hetero) is 1. The molecule has 0 amide bonds. The van der Waals surface area contributed by atoms with Crippen LogP contribution in [0.1, 0.15) is 24.9 Å². The standard InChI is InChI=1S/C14H17NOS/c1-10(16)8-13(15(2)3)12-9-17-14-7-5-4-6-11(12)14/h4-7,9,13H,8H2,1-3H3. The molecule has 0 aliphatic heterocycles. The second-order valence-corrected chi connectivity index (χ2v) is 5.48. The zero-order valence-corrected chi connectivity index (χ0v) is 11.3. The molecule has 0 saturated heterocycles. The van der Waals surface area contributed by atoms with Crippen molar-refractivity contribution in [1.82, 2.24) is 4.90 Å². The fourth-order valence-electron chi connectivity index (χ4n) is 2.10. The molecule has 1 aromatic carbocycles. The van der Waals surface area contributed by atoms with Gasteiger partial charge in [0, 0.05) is 17.2 Å². The Kier molecular flexibility index (Phi) is 3.60. The smallest absolute Gasteiger partial charge is 0.131 e. The fourth-order valence-corrected chi connectivity index (χ4v) is 3.11. The number of hydrogen-bond donors (Lipinski definition) is 0. The van der Waals surface area contributed by atoms with E-state index >= 15 is 0 Å². The second kappa shape index (κ2) is 4.98. The van der Waals surface area contributed by atoms with Crippen LogP contribution in [-0.4, -0.2) is 24.8 Å². The van der Waals surface area contributed by atoms with Gasteiger partial charge in [-0.15, -0.1) is 11.3 Å². The number of carbonyl (C=O) groups is 1. The van der Waals surface area contributed by atoms with E-state index in [4.69, 9.17) is 0 Å². The SMILES string of the molecule is CC(=O)CC(c1csc2ccccc12)N(C)C. The molecule has 1 unspecified atom stereocenters. The number of rotatable bonds is 4. The summed E-state index contributed by atoms with van der Waals surface area (Å²) in [4.78, 5) is 13.5. The first-order valence-electron chi connectivity index (χ1n) is 5.71. The molecule has 1 heterocycles. The van der Waals surface area contributed by atoms with Gasteiger partial charge in [0.15, 0.2) is 0 Å². The van der Waals surface area contributed by atoms with Gasteiger partial charge in [0.2, 0.25) is 0 Å². The maximum absolute atomic E-state index is 11.4. The largest absolute Gasteiger partial charge is 0.302 e. The van der Waals surface area contributed by atoms with Gasteiger partial charge >= 0.3 is 0 Å². The summed E-state index contributed by atoms with van der Waals surface area (Å²) in [7, 11) is 4.06. The molecular weight excluding hydrogens is 230 g/mol. The molecule has 0 spiro atoms. The maximum atomic E-state index is 11.4. The molecule has 0 fully saturated rings. The summed E-state index contributed by atoms with van der Waals surface area (Å²) < 4.78 is 1.29. The highest BCUT2D eigenvalue weighted by Gasteiger charge is 2.19. The molecule has 2 rings (SSSR count). The van der Waals surface area contributed by atoms with Gasteiger partial charge in [0.05, 0.1) is 0 Å². The van der Waals surface area contributed by atoms with E-state index in [1.165, 1.54) is 15.6 Å². The molecule has 17 heavy (non-hydrogen) atoms. The molecule has 0 radical (unpaired) electrons. The van der Waals surface area contributed by atoms with Crippen molar-refractivity contribution in [1.29, 1.82) is 0 Å². The average Bonchev–Trinajstić information content (AvgIpc) is 2.69. The van der Waals surface area contributed by atoms with Crippen molar-refractivity contribution in [2.24, 2.45) is 0 Å². The molecule has 0 aliphatic carbocycles. The lowest BCUT2D eigenvalue weighted by Gasteiger charge is -2.23. The van der Waals surface area contributed by atoms with E-state index in [0.717, 1.165) is 0 Å². The topological polar surface area (TPSA) is 20.3 Å². The van der Waals surface area contributed by atoms with E-state index in [0.29, 0.717) is 6.42 Å². The minimum atomic E-state index is 0.184. The molecule has 0 saturated carbocycles. The van der Waals surface area contributed by atoms with Gasteiger partial charge in [0.1, 0.15) is 5.78 Å². The summed E-state index contributed by atoms with van der Waals surface area (Å²) in [5.41, 5.74) is 1.27. The highest BCUT2D eigenvalue weighted by molar-refractivity contribution is 7.17. The Balaban J connectivity index is 2.45. The van der Waals surface area contributed by atoms with Crippen molar-refractivity contribution in [2.45, 2.75) is 19.4 Å². The fraction of sp³-hybridized carbons (Fsp3) is 0.357. The minimum absolute atomic E-state index is 0.184. The van der Waals surface area contributed by atoms with Crippen LogP contribution in [-0.2, 0) is 4.79 Å². The Morgan fingerprint density at radius 1 is 1.35 bits per heavy atom. The zero-order valence-electron chi connectivity index (χ0n) is 10.4. The van der Waals surface area contributed by atoms with E-state index in [1.807, 2.05) is 14.1 Å². The minimum Gasteiger partial charge on any atom is -0.302 e. The van der Waals surface area contributed by atoms with Crippen molar-refractivity contribution in [2.75, 3.05) is 14.1 Å². The van der Waals surface area contributed by atoms with Gasteiger partial charge in [0.25, 0.3) is 0 Å². The van der Waals surface area contributed by atoms with Gasteiger partial charge in [-0.2, -0.15) is 0 Å². The number of hydrogen-bond acceptors (Lipinski definition) is 3. The number of nitrogens with zero attached hydrogens (tertiary/aromatic N) is 1. The Morgan fingerprint density at radius 2 is 2.06 bits per heavy atom. The van der Waals surface area contributed by atoms with E-state index in [-0.39, 0.29) is 11.8 Å². The zero-order chi connectivity index (χ0) is 12.4. The van der Waals surface area contributed by atoms with Crippen LogP contribution < -0.4 is 0 Å². The number of carbonyl (C=O) groups excluding carboxylic acids is 1. The predicted octanol–water partition coefficient (Wildman–Crippen LogP) is 3.48. The second-order valence-electron chi connectivity index (χ2n) is 4.57. The Labute approximate surface area is 106 Å². The molecule has 0 N–H and O–H groups in total. The van der Waals surface area contributed by atoms with Gasteiger partial charge in [-0.25, -0.2) is 0 Å². The number of benzene rings is 1. The van der Waals surface area contributed by atoms with Crippen molar-refractivity contribution < 1.29 is 4.79 Å². The van der Waals surface area contributed by atoms with Crippen molar-refractivity contribution in [3.8, 4) is 0 Å². The lowest BCUT2D eigenvalue weighted by atomic mass is 10.0. The van der Waals surface area contributed by atoms with Crippen LogP contribution >= 0.6 is 11.3 Å². The van der Waals surface area contributed by atoms with Crippen LogP contribution in [0.3, 0.4) is 0 Å². The summed E-state index contributed by atoms with van der Waals surface area (Å²) in [5.74, 6) is 0.235. The monoisotopic (exact) mass is 247 g/mol. The Hall–Kier alpha value is -1.19. The Morgan fingerprint density at radius 3 is 2.71 bits per heavy atom. The third-order valence-electron chi connectivity index (χ3n) is 2.97. The van der Waals surface area contributed by atoms with E-state index < -0.39 is 0 Å². The highest BCUT2D eigenvalue weighted by atomic mass is 32.1. The summed E-state index contributed by atoms with van der Waals surface area (Å²) in [6, 6.07) is 8.56. The first-order valence-corrected chi connectivity index (χ1v) is 6.59. The van der Waals surface area contributed by atoms with Gasteiger partial charge in [-0.3, -0.25) is 4.79 Å². The highest BCUT2D eigenvalue weighted by Crippen LogP contribution is 2.33. The van der Waals surface area contributed by atoms with Crippen LogP contribution in [0.5, 0.6) is 0 Å². The summed E-state index contributed by atoms with van der Waals surface area (Å²) >= 11 is 1.75. The van der Waals surface area contributed by atoms with Crippen molar-refractivity contribution in [3.05, 3.63) is 35.2 Å². The molecule has 90 valence electrons. The van der Waals surface area contributed by atoms with Crippen LogP contribution in [0.25, 0.3) is 10.1 Å². The molecule has 3 heteroatoms. The summed E-state index contributed by atoms with van der Waals surface area (Å²) in [6.07, 6.45) is 0.577. The van der Waals surface area contributed by atoms with Gasteiger partial charge in [-0.1, -0.05) is 18.2 Å². The van der Waals surface area contributed by atoms with E-state index in [2.05, 4.69) is 34.5 Å². The molecule has 0 bridgehead atoms.